The number of unbranched alkanes of at least 4 members (excludes halogenated alkanes) is 1. The Bertz CT molecular complexity index is 1130. The zero-order valence-corrected chi connectivity index (χ0v) is 25.6. The summed E-state index contributed by atoms with van der Waals surface area (Å²) < 4.78 is 12.2. The van der Waals surface area contributed by atoms with E-state index in [0.29, 0.717) is 44.0 Å². The molecule has 0 saturated carbocycles. The monoisotopic (exact) mass is 631 g/mol. The number of hydrogen-bond acceptors (Lipinski definition) is 6. The quantitative estimate of drug-likeness (QED) is 0.235. The molecule has 3 saturated heterocycles. The highest BCUT2D eigenvalue weighted by Gasteiger charge is 2.76. The van der Waals surface area contributed by atoms with Crippen LogP contribution in [0.2, 0.25) is 0 Å². The molecule has 1 N–H and O–H groups in total. The Morgan fingerprint density at radius 2 is 1.88 bits per heavy atom. The van der Waals surface area contributed by atoms with Crippen LogP contribution >= 0.6 is 15.9 Å². The molecule has 6 atom stereocenters. The lowest BCUT2D eigenvalue weighted by Gasteiger charge is -2.37. The number of likely N-dealkylation sites (tertiary alicyclic amines) is 1. The van der Waals surface area contributed by atoms with E-state index >= 15 is 0 Å². The van der Waals surface area contributed by atoms with Gasteiger partial charge >= 0.3 is 0 Å². The standard InChI is InChI=1S/C31H42BrN3O6/c1-5-9-17-33(15-6-2)30(39)27-31-20-23(32)26(41-31)24(25(31)29(38)35(27)18-10-19-36)28(37)34(16-7-3)21-11-13-22(14-12-21)40-8-4/h6-7,11-14,23-27,36H,2-3,5,8-10,15-20H2,1,4H3/t23?,24-,25+,26-,27?,31?/m1/s1. The summed E-state index contributed by atoms with van der Waals surface area (Å²) in [6, 6.07) is 6.37. The number of fused-ring (bicyclic) bond motifs is 1. The number of halogens is 1. The van der Waals surface area contributed by atoms with Gasteiger partial charge in [0, 0.05) is 43.3 Å². The van der Waals surface area contributed by atoms with Crippen LogP contribution in [-0.2, 0) is 19.1 Å². The predicted octanol–water partition coefficient (Wildman–Crippen LogP) is 3.55. The molecule has 41 heavy (non-hydrogen) atoms. The van der Waals surface area contributed by atoms with E-state index in [-0.39, 0.29) is 42.2 Å². The van der Waals surface area contributed by atoms with Gasteiger partial charge in [-0.1, -0.05) is 41.4 Å². The molecule has 1 spiro atoms. The third-order valence-corrected chi connectivity index (χ3v) is 9.19. The SMILES string of the molecule is C=CCN(CCCC)C(=O)C1N(CCCO)C(=O)[C@@H]2[C@@H](C(=O)N(CC=C)c3ccc(OCC)cc3)[C@@H]3OC12CC3Br. The number of nitrogens with zero attached hydrogens (tertiary/aromatic N) is 3. The summed E-state index contributed by atoms with van der Waals surface area (Å²) in [5.41, 5.74) is -0.485. The molecule has 1 aromatic rings. The minimum Gasteiger partial charge on any atom is -0.494 e. The van der Waals surface area contributed by atoms with Crippen LogP contribution in [0.5, 0.6) is 5.75 Å². The van der Waals surface area contributed by atoms with E-state index < -0.39 is 29.6 Å². The molecule has 4 rings (SSSR count). The van der Waals surface area contributed by atoms with E-state index in [1.54, 1.807) is 26.9 Å². The molecule has 224 valence electrons. The second kappa shape index (κ2) is 13.5. The maximum absolute atomic E-state index is 14.4. The van der Waals surface area contributed by atoms with Crippen LogP contribution in [0.15, 0.2) is 49.6 Å². The topological polar surface area (TPSA) is 99.6 Å². The van der Waals surface area contributed by atoms with Gasteiger partial charge in [-0.2, -0.15) is 0 Å². The number of rotatable bonds is 15. The molecular formula is C31H42BrN3O6. The molecular weight excluding hydrogens is 590 g/mol. The molecule has 10 heteroatoms. The van der Waals surface area contributed by atoms with Crippen LogP contribution in [0.4, 0.5) is 5.69 Å². The van der Waals surface area contributed by atoms with Crippen molar-refractivity contribution in [1.82, 2.24) is 9.80 Å². The lowest BCUT2D eigenvalue weighted by Crippen LogP contribution is -2.57. The lowest BCUT2D eigenvalue weighted by atomic mass is 9.70. The second-order valence-corrected chi connectivity index (χ2v) is 12.0. The van der Waals surface area contributed by atoms with E-state index in [2.05, 4.69) is 36.0 Å². The van der Waals surface area contributed by atoms with Gasteiger partial charge in [0.1, 0.15) is 17.4 Å². The number of carbonyl (C=O) groups excluding carboxylic acids is 3. The van der Waals surface area contributed by atoms with Gasteiger partial charge in [-0.05, 0) is 50.5 Å². The third-order valence-electron chi connectivity index (χ3n) is 8.35. The third kappa shape index (κ3) is 5.70. The van der Waals surface area contributed by atoms with Crippen LogP contribution in [0, 0.1) is 11.8 Å². The number of hydrogen-bond donors (Lipinski definition) is 1. The Balaban J connectivity index is 1.73. The van der Waals surface area contributed by atoms with E-state index in [1.165, 1.54) is 0 Å². The molecule has 3 heterocycles. The molecule has 3 aliphatic heterocycles. The van der Waals surface area contributed by atoms with Crippen LogP contribution in [-0.4, -0.2) is 94.6 Å². The Morgan fingerprint density at radius 3 is 2.49 bits per heavy atom. The van der Waals surface area contributed by atoms with Crippen LogP contribution < -0.4 is 9.64 Å². The Hall–Kier alpha value is -2.69. The Labute approximate surface area is 251 Å². The molecule has 3 fully saturated rings. The maximum atomic E-state index is 14.4. The Kier molecular flexibility index (Phi) is 10.3. The van der Waals surface area contributed by atoms with Gasteiger partial charge in [-0.15, -0.1) is 13.2 Å². The van der Waals surface area contributed by atoms with Crippen LogP contribution in [0.25, 0.3) is 0 Å². The molecule has 0 aliphatic carbocycles. The highest BCUT2D eigenvalue weighted by atomic mass is 79.9. The van der Waals surface area contributed by atoms with Crippen LogP contribution in [0.3, 0.4) is 0 Å². The number of amides is 3. The van der Waals surface area contributed by atoms with E-state index in [1.807, 2.05) is 31.2 Å². The molecule has 0 radical (unpaired) electrons. The smallest absolute Gasteiger partial charge is 0.248 e. The summed E-state index contributed by atoms with van der Waals surface area (Å²) >= 11 is 3.74. The highest BCUT2D eigenvalue weighted by Crippen LogP contribution is 2.60. The first kappa shape index (κ1) is 31.3. The first-order valence-electron chi connectivity index (χ1n) is 14.6. The van der Waals surface area contributed by atoms with Crippen molar-refractivity contribution < 1.29 is 29.0 Å². The van der Waals surface area contributed by atoms with Gasteiger partial charge in [-0.25, -0.2) is 0 Å². The normalized spacial score (nSPS) is 28.0. The van der Waals surface area contributed by atoms with Gasteiger partial charge < -0.3 is 29.3 Å². The van der Waals surface area contributed by atoms with E-state index in [9.17, 15) is 19.5 Å². The minimum absolute atomic E-state index is 0.119. The number of carbonyl (C=O) groups is 3. The minimum atomic E-state index is -1.15. The summed E-state index contributed by atoms with van der Waals surface area (Å²) in [5.74, 6) is -1.61. The maximum Gasteiger partial charge on any atom is 0.248 e. The van der Waals surface area contributed by atoms with E-state index in [4.69, 9.17) is 9.47 Å². The van der Waals surface area contributed by atoms with Crippen molar-refractivity contribution in [3.05, 3.63) is 49.6 Å². The van der Waals surface area contributed by atoms with Gasteiger partial charge in [0.25, 0.3) is 0 Å². The van der Waals surface area contributed by atoms with Gasteiger partial charge in [0.2, 0.25) is 17.7 Å². The molecule has 3 amide bonds. The lowest BCUT2D eigenvalue weighted by molar-refractivity contribution is -0.147. The number of anilines is 1. The first-order valence-corrected chi connectivity index (χ1v) is 15.5. The second-order valence-electron chi connectivity index (χ2n) is 10.9. The molecule has 3 unspecified atom stereocenters. The van der Waals surface area contributed by atoms with Crippen molar-refractivity contribution in [3.63, 3.8) is 0 Å². The van der Waals surface area contributed by atoms with Crippen molar-refractivity contribution in [2.24, 2.45) is 11.8 Å². The largest absolute Gasteiger partial charge is 0.494 e. The van der Waals surface area contributed by atoms with Crippen molar-refractivity contribution in [2.45, 2.75) is 62.1 Å². The fourth-order valence-corrected chi connectivity index (χ4v) is 7.61. The zero-order chi connectivity index (χ0) is 29.7. The molecule has 0 aromatic heterocycles. The summed E-state index contributed by atoms with van der Waals surface area (Å²) in [5, 5.41) is 9.61. The molecule has 3 aliphatic rings. The fraction of sp³-hybridized carbons (Fsp3) is 0.581. The molecule has 2 bridgehead atoms. The molecule has 9 nitrogen and oxygen atoms in total. The summed E-state index contributed by atoms with van der Waals surface area (Å²) in [6.07, 6.45) is 5.26. The average molecular weight is 633 g/mol. The van der Waals surface area contributed by atoms with Crippen molar-refractivity contribution in [2.75, 3.05) is 44.3 Å². The van der Waals surface area contributed by atoms with Crippen molar-refractivity contribution in [1.29, 1.82) is 0 Å². The number of aliphatic hydroxyl groups is 1. The number of ether oxygens (including phenoxy) is 2. The number of benzene rings is 1. The van der Waals surface area contributed by atoms with Crippen molar-refractivity contribution in [3.8, 4) is 5.75 Å². The van der Waals surface area contributed by atoms with Gasteiger partial charge in [0.05, 0.1) is 24.5 Å². The Morgan fingerprint density at radius 1 is 1.17 bits per heavy atom. The average Bonchev–Trinajstić information content (AvgIpc) is 3.56. The number of aliphatic hydroxyl groups excluding tert-OH is 1. The zero-order valence-electron chi connectivity index (χ0n) is 24.0. The van der Waals surface area contributed by atoms with Crippen molar-refractivity contribution >= 4 is 39.3 Å². The highest BCUT2D eigenvalue weighted by molar-refractivity contribution is 9.09. The first-order chi connectivity index (χ1) is 19.8. The number of alkyl halides is 1. The van der Waals surface area contributed by atoms with E-state index in [0.717, 1.165) is 12.8 Å². The summed E-state index contributed by atoms with van der Waals surface area (Å²) in [4.78, 5) is 47.5. The predicted molar refractivity (Wildman–Crippen MR) is 161 cm³/mol. The van der Waals surface area contributed by atoms with Crippen LogP contribution in [0.1, 0.15) is 39.5 Å². The fourth-order valence-electron chi connectivity index (χ4n) is 6.66. The molecule has 1 aromatic carbocycles. The summed E-state index contributed by atoms with van der Waals surface area (Å²) in [7, 11) is 0. The van der Waals surface area contributed by atoms with Gasteiger partial charge in [0.15, 0.2) is 0 Å². The van der Waals surface area contributed by atoms with Gasteiger partial charge in [-0.3, -0.25) is 14.4 Å². The summed E-state index contributed by atoms with van der Waals surface area (Å²) in [6.45, 7) is 13.4.